The molecule has 3 rings (SSSR count). The van der Waals surface area contributed by atoms with Crippen LogP contribution in [0.1, 0.15) is 6.92 Å². The molecule has 19 heavy (non-hydrogen) atoms. The van der Waals surface area contributed by atoms with Gasteiger partial charge in [0.25, 0.3) is 0 Å². The number of hydrogen-bond acceptors (Lipinski definition) is 4. The largest absolute Gasteiger partial charge is 0.507 e. The standard InChI is InChI=1S/C13H9NOS.C2H6O/c15-11-7-3-1-5-9(11)13-14-10-6-2-4-8-12(10)16-13;1-2-3/h1-8,15H;3H,2H2,1H3. The van der Waals surface area contributed by atoms with Crippen LogP contribution in [0.2, 0.25) is 0 Å². The first kappa shape index (κ1) is 13.5. The predicted molar refractivity (Wildman–Crippen MR) is 79.5 cm³/mol. The maximum atomic E-state index is 9.76. The minimum atomic E-state index is 0.250. The highest BCUT2D eigenvalue weighted by Crippen LogP contribution is 2.34. The van der Waals surface area contributed by atoms with E-state index in [0.29, 0.717) is 0 Å². The van der Waals surface area contributed by atoms with E-state index in [0.717, 1.165) is 20.8 Å². The summed E-state index contributed by atoms with van der Waals surface area (Å²) in [5.41, 5.74) is 1.77. The molecule has 0 amide bonds. The number of aliphatic hydroxyl groups is 1. The maximum Gasteiger partial charge on any atom is 0.128 e. The smallest absolute Gasteiger partial charge is 0.128 e. The first-order valence-corrected chi connectivity index (χ1v) is 6.82. The van der Waals surface area contributed by atoms with Gasteiger partial charge >= 0.3 is 0 Å². The number of nitrogens with zero attached hydrogens (tertiary/aromatic N) is 1. The monoisotopic (exact) mass is 273 g/mol. The third kappa shape index (κ3) is 3.10. The van der Waals surface area contributed by atoms with Crippen molar-refractivity contribution in [3.63, 3.8) is 0 Å². The molecule has 4 heteroatoms. The molecular formula is C15H15NO2S. The van der Waals surface area contributed by atoms with Crippen LogP contribution in [0, 0.1) is 0 Å². The zero-order valence-corrected chi connectivity index (χ0v) is 11.4. The summed E-state index contributed by atoms with van der Waals surface area (Å²) < 4.78 is 1.14. The topological polar surface area (TPSA) is 53.4 Å². The van der Waals surface area contributed by atoms with Crippen molar-refractivity contribution in [2.45, 2.75) is 6.92 Å². The first-order valence-electron chi connectivity index (χ1n) is 6.01. The van der Waals surface area contributed by atoms with Gasteiger partial charge in [-0.05, 0) is 31.2 Å². The number of fused-ring (bicyclic) bond motifs is 1. The quantitative estimate of drug-likeness (QED) is 0.711. The fourth-order valence-corrected chi connectivity index (χ4v) is 2.64. The number of hydrogen-bond donors (Lipinski definition) is 2. The number of para-hydroxylation sites is 2. The van der Waals surface area contributed by atoms with E-state index in [-0.39, 0.29) is 12.4 Å². The highest BCUT2D eigenvalue weighted by atomic mass is 32.1. The van der Waals surface area contributed by atoms with E-state index in [1.54, 1.807) is 24.3 Å². The number of aromatic nitrogens is 1. The van der Waals surface area contributed by atoms with Crippen molar-refractivity contribution in [3.05, 3.63) is 48.5 Å². The fourth-order valence-electron chi connectivity index (χ4n) is 1.64. The second kappa shape index (κ2) is 6.31. The maximum absolute atomic E-state index is 9.76. The third-order valence-corrected chi connectivity index (χ3v) is 3.50. The van der Waals surface area contributed by atoms with Gasteiger partial charge in [0.05, 0.1) is 15.8 Å². The molecule has 0 spiro atoms. The zero-order valence-electron chi connectivity index (χ0n) is 10.6. The Morgan fingerprint density at radius 1 is 1.05 bits per heavy atom. The lowest BCUT2D eigenvalue weighted by Gasteiger charge is -1.98. The summed E-state index contributed by atoms with van der Waals surface area (Å²) in [6.45, 7) is 1.93. The van der Waals surface area contributed by atoms with Crippen molar-refractivity contribution in [1.29, 1.82) is 0 Å². The lowest BCUT2D eigenvalue weighted by molar-refractivity contribution is 0.318. The van der Waals surface area contributed by atoms with Crippen molar-refractivity contribution in [2.75, 3.05) is 6.61 Å². The summed E-state index contributed by atoms with van der Waals surface area (Å²) in [6, 6.07) is 15.3. The van der Waals surface area contributed by atoms with Gasteiger partial charge in [-0.2, -0.15) is 0 Å². The third-order valence-electron chi connectivity index (χ3n) is 2.43. The molecule has 1 heterocycles. The number of aliphatic hydroxyl groups excluding tert-OH is 1. The molecule has 0 radical (unpaired) electrons. The van der Waals surface area contributed by atoms with Crippen LogP contribution >= 0.6 is 11.3 Å². The van der Waals surface area contributed by atoms with Crippen molar-refractivity contribution in [3.8, 4) is 16.3 Å². The predicted octanol–water partition coefficient (Wildman–Crippen LogP) is 3.67. The molecule has 0 unspecified atom stereocenters. The molecule has 0 bridgehead atoms. The van der Waals surface area contributed by atoms with E-state index in [2.05, 4.69) is 4.98 Å². The summed E-state index contributed by atoms with van der Waals surface area (Å²) in [4.78, 5) is 4.50. The van der Waals surface area contributed by atoms with Gasteiger partial charge in [-0.3, -0.25) is 0 Å². The van der Waals surface area contributed by atoms with E-state index in [9.17, 15) is 5.11 Å². The average Bonchev–Trinajstić information content (AvgIpc) is 2.83. The van der Waals surface area contributed by atoms with Gasteiger partial charge in [-0.25, -0.2) is 4.98 Å². The van der Waals surface area contributed by atoms with Crippen LogP contribution in [0.5, 0.6) is 5.75 Å². The molecule has 2 N–H and O–H groups in total. The van der Waals surface area contributed by atoms with Gasteiger partial charge in [-0.1, -0.05) is 24.3 Å². The van der Waals surface area contributed by atoms with Crippen LogP contribution in [0.3, 0.4) is 0 Å². The molecule has 3 nitrogen and oxygen atoms in total. The molecule has 2 aromatic carbocycles. The van der Waals surface area contributed by atoms with E-state index < -0.39 is 0 Å². The number of phenols is 1. The van der Waals surface area contributed by atoms with Crippen molar-refractivity contribution >= 4 is 21.6 Å². The van der Waals surface area contributed by atoms with Crippen molar-refractivity contribution in [2.24, 2.45) is 0 Å². The van der Waals surface area contributed by atoms with Crippen LogP contribution in [0.25, 0.3) is 20.8 Å². The summed E-state index contributed by atoms with van der Waals surface area (Å²) in [5, 5.41) is 18.2. The van der Waals surface area contributed by atoms with Crippen LogP contribution in [-0.2, 0) is 0 Å². The number of phenolic OH excluding ortho intramolecular Hbond substituents is 1. The molecule has 0 fully saturated rings. The highest BCUT2D eigenvalue weighted by Gasteiger charge is 2.08. The van der Waals surface area contributed by atoms with Crippen molar-refractivity contribution in [1.82, 2.24) is 4.98 Å². The Bertz CT molecular complexity index is 631. The Balaban J connectivity index is 0.000000408. The minimum absolute atomic E-state index is 0.250. The first-order chi connectivity index (χ1) is 9.26. The number of thiazole rings is 1. The molecule has 98 valence electrons. The molecule has 0 saturated carbocycles. The van der Waals surface area contributed by atoms with E-state index in [1.165, 1.54) is 0 Å². The SMILES string of the molecule is CCO.Oc1ccccc1-c1nc2ccccc2s1. The van der Waals surface area contributed by atoms with E-state index >= 15 is 0 Å². The second-order valence-corrected chi connectivity index (χ2v) is 4.85. The van der Waals surface area contributed by atoms with Gasteiger partial charge in [0.2, 0.25) is 0 Å². The van der Waals surface area contributed by atoms with Gasteiger partial charge in [-0.15, -0.1) is 11.3 Å². The summed E-state index contributed by atoms with van der Waals surface area (Å²) in [6.07, 6.45) is 0. The Kier molecular flexibility index (Phi) is 4.49. The number of benzene rings is 2. The molecule has 0 aliphatic heterocycles. The molecule has 0 aliphatic carbocycles. The summed E-state index contributed by atoms with van der Waals surface area (Å²) in [5.74, 6) is 0.279. The van der Waals surface area contributed by atoms with Crippen LogP contribution < -0.4 is 0 Å². The van der Waals surface area contributed by atoms with E-state index in [1.807, 2.05) is 42.5 Å². The Morgan fingerprint density at radius 3 is 2.37 bits per heavy atom. The molecule has 0 atom stereocenters. The second-order valence-electron chi connectivity index (χ2n) is 3.82. The zero-order chi connectivity index (χ0) is 13.7. The number of aromatic hydroxyl groups is 1. The summed E-state index contributed by atoms with van der Waals surface area (Å²) >= 11 is 1.59. The fraction of sp³-hybridized carbons (Fsp3) is 0.133. The minimum Gasteiger partial charge on any atom is -0.507 e. The van der Waals surface area contributed by atoms with Gasteiger partial charge in [0, 0.05) is 6.61 Å². The number of rotatable bonds is 1. The van der Waals surface area contributed by atoms with Gasteiger partial charge in [0.15, 0.2) is 0 Å². The van der Waals surface area contributed by atoms with Crippen LogP contribution in [0.15, 0.2) is 48.5 Å². The van der Waals surface area contributed by atoms with Crippen LogP contribution in [0.4, 0.5) is 0 Å². The van der Waals surface area contributed by atoms with E-state index in [4.69, 9.17) is 5.11 Å². The molecule has 0 aliphatic rings. The Hall–Kier alpha value is -1.91. The highest BCUT2D eigenvalue weighted by molar-refractivity contribution is 7.21. The lowest BCUT2D eigenvalue weighted by atomic mass is 10.2. The molecule has 3 aromatic rings. The van der Waals surface area contributed by atoms with Crippen LogP contribution in [-0.4, -0.2) is 21.8 Å². The summed E-state index contributed by atoms with van der Waals surface area (Å²) in [7, 11) is 0. The van der Waals surface area contributed by atoms with Crippen molar-refractivity contribution < 1.29 is 10.2 Å². The molecule has 0 saturated heterocycles. The Labute approximate surface area is 115 Å². The van der Waals surface area contributed by atoms with Gasteiger partial charge < -0.3 is 10.2 Å². The average molecular weight is 273 g/mol. The molecular weight excluding hydrogens is 258 g/mol. The molecule has 1 aromatic heterocycles. The lowest BCUT2D eigenvalue weighted by Crippen LogP contribution is -1.76. The normalized spacial score (nSPS) is 10.0. The Morgan fingerprint density at radius 2 is 1.68 bits per heavy atom. The van der Waals surface area contributed by atoms with Gasteiger partial charge in [0.1, 0.15) is 10.8 Å².